The van der Waals surface area contributed by atoms with Crippen LogP contribution < -0.4 is 5.32 Å². The van der Waals surface area contributed by atoms with Crippen molar-refractivity contribution in [2.75, 3.05) is 19.6 Å². The number of piperidine rings is 1. The summed E-state index contributed by atoms with van der Waals surface area (Å²) in [5, 5.41) is 3.38. The number of rotatable bonds is 6. The van der Waals surface area contributed by atoms with Crippen LogP contribution in [0.2, 0.25) is 0 Å². The molecule has 0 amide bonds. The Morgan fingerprint density at radius 3 is 2.62 bits per heavy atom. The average Bonchev–Trinajstić information content (AvgIpc) is 2.47. The van der Waals surface area contributed by atoms with Gasteiger partial charge in [-0.15, -0.1) is 0 Å². The van der Waals surface area contributed by atoms with Crippen LogP contribution >= 0.6 is 0 Å². The highest BCUT2D eigenvalue weighted by atomic mass is 19.3. The number of halogens is 2. The van der Waals surface area contributed by atoms with E-state index in [1.54, 1.807) is 18.2 Å². The van der Waals surface area contributed by atoms with E-state index in [2.05, 4.69) is 19.2 Å². The van der Waals surface area contributed by atoms with Gasteiger partial charge in [0.05, 0.1) is 6.54 Å². The molecule has 1 atom stereocenters. The van der Waals surface area contributed by atoms with Gasteiger partial charge < -0.3 is 5.32 Å². The summed E-state index contributed by atoms with van der Waals surface area (Å²) in [6, 6.07) is 8.78. The molecule has 1 aromatic rings. The first-order valence-corrected chi connectivity index (χ1v) is 7.90. The molecule has 0 aliphatic carbocycles. The number of nitrogens with zero attached hydrogens (tertiary/aromatic N) is 1. The van der Waals surface area contributed by atoms with Gasteiger partial charge in [0.2, 0.25) is 0 Å². The predicted octanol–water partition coefficient (Wildman–Crippen LogP) is 3.63. The molecule has 2 nitrogen and oxygen atoms in total. The summed E-state index contributed by atoms with van der Waals surface area (Å²) in [5.74, 6) is -2.78. The van der Waals surface area contributed by atoms with Crippen LogP contribution in [0.25, 0.3) is 0 Å². The lowest BCUT2D eigenvalue weighted by atomic mass is 9.99. The zero-order chi connectivity index (χ0) is 15.3. The Hall–Kier alpha value is -1.00. The first-order chi connectivity index (χ1) is 9.99. The highest BCUT2D eigenvalue weighted by Gasteiger charge is 2.36. The topological polar surface area (TPSA) is 15.3 Å². The van der Waals surface area contributed by atoms with Crippen molar-refractivity contribution in [2.24, 2.45) is 0 Å². The first-order valence-electron chi connectivity index (χ1n) is 7.90. The van der Waals surface area contributed by atoms with Gasteiger partial charge in [-0.2, -0.15) is 8.78 Å². The van der Waals surface area contributed by atoms with Crippen molar-refractivity contribution in [2.45, 2.75) is 51.1 Å². The molecule has 1 aromatic carbocycles. The Bertz CT molecular complexity index is 420. The lowest BCUT2D eigenvalue weighted by molar-refractivity contribution is -0.0541. The molecule has 1 aliphatic rings. The predicted molar refractivity (Wildman–Crippen MR) is 82.7 cm³/mol. The second-order valence-electron chi connectivity index (χ2n) is 6.25. The van der Waals surface area contributed by atoms with Gasteiger partial charge in [-0.1, -0.05) is 50.6 Å². The minimum absolute atomic E-state index is 0.117. The third-order valence-corrected chi connectivity index (χ3v) is 4.11. The van der Waals surface area contributed by atoms with Crippen molar-refractivity contribution < 1.29 is 8.78 Å². The fraction of sp³-hybridized carbons (Fsp3) is 0.647. The Morgan fingerprint density at radius 2 is 1.95 bits per heavy atom. The molecule has 0 spiro atoms. The van der Waals surface area contributed by atoms with Gasteiger partial charge in [0.1, 0.15) is 0 Å². The smallest absolute Gasteiger partial charge is 0.285 e. The third-order valence-electron chi connectivity index (χ3n) is 4.11. The standard InChI is InChI=1S/C17H26F2N2/c1-14(2)20-12-16-10-6-7-11-21(16)13-17(18,19)15-8-4-3-5-9-15/h3-5,8-9,14,16,20H,6-7,10-13H2,1-2H3. The molecule has 4 heteroatoms. The van der Waals surface area contributed by atoms with Crippen LogP contribution in [-0.4, -0.2) is 36.6 Å². The minimum atomic E-state index is -2.78. The first kappa shape index (κ1) is 16.4. The summed E-state index contributed by atoms with van der Waals surface area (Å²) in [4.78, 5) is 1.96. The molecule has 1 fully saturated rings. The lowest BCUT2D eigenvalue weighted by Gasteiger charge is -2.38. The van der Waals surface area contributed by atoms with Crippen molar-refractivity contribution in [3.8, 4) is 0 Å². The van der Waals surface area contributed by atoms with Crippen LogP contribution in [0.4, 0.5) is 8.78 Å². The SMILES string of the molecule is CC(C)NCC1CCCCN1CC(F)(F)c1ccccc1. The quantitative estimate of drug-likeness (QED) is 0.862. The van der Waals surface area contributed by atoms with Gasteiger partial charge in [-0.05, 0) is 19.4 Å². The number of hydrogen-bond acceptors (Lipinski definition) is 2. The maximum Gasteiger partial charge on any atom is 0.285 e. The van der Waals surface area contributed by atoms with E-state index < -0.39 is 5.92 Å². The van der Waals surface area contributed by atoms with E-state index in [9.17, 15) is 8.78 Å². The molecule has 0 bridgehead atoms. The highest BCUT2D eigenvalue weighted by molar-refractivity contribution is 5.20. The molecule has 2 rings (SSSR count). The summed E-state index contributed by atoms with van der Waals surface area (Å²) in [7, 11) is 0. The van der Waals surface area contributed by atoms with Gasteiger partial charge in [-0.3, -0.25) is 4.90 Å². The van der Waals surface area contributed by atoms with E-state index in [1.807, 2.05) is 4.90 Å². The Kier molecular flexibility index (Phi) is 5.71. The second-order valence-corrected chi connectivity index (χ2v) is 6.25. The zero-order valence-corrected chi connectivity index (χ0v) is 13.0. The molecule has 1 unspecified atom stereocenters. The van der Waals surface area contributed by atoms with E-state index in [-0.39, 0.29) is 18.2 Å². The summed E-state index contributed by atoms with van der Waals surface area (Å²) < 4.78 is 28.9. The molecule has 1 heterocycles. The fourth-order valence-corrected chi connectivity index (χ4v) is 2.90. The van der Waals surface area contributed by atoms with Gasteiger partial charge in [-0.25, -0.2) is 0 Å². The summed E-state index contributed by atoms with van der Waals surface area (Å²) in [6.07, 6.45) is 3.16. The molecule has 0 aromatic heterocycles. The largest absolute Gasteiger partial charge is 0.313 e. The normalized spacial score (nSPS) is 20.9. The van der Waals surface area contributed by atoms with Gasteiger partial charge in [0.15, 0.2) is 0 Å². The second kappa shape index (κ2) is 7.32. The maximum absolute atomic E-state index is 14.5. The Labute approximate surface area is 126 Å². The van der Waals surface area contributed by atoms with Crippen molar-refractivity contribution in [3.63, 3.8) is 0 Å². The van der Waals surface area contributed by atoms with E-state index in [0.29, 0.717) is 6.04 Å². The van der Waals surface area contributed by atoms with Crippen LogP contribution in [0.3, 0.4) is 0 Å². The van der Waals surface area contributed by atoms with Crippen molar-refractivity contribution in [1.29, 1.82) is 0 Å². The molecule has 0 saturated carbocycles. The monoisotopic (exact) mass is 296 g/mol. The number of nitrogens with one attached hydrogen (secondary N) is 1. The van der Waals surface area contributed by atoms with Gasteiger partial charge >= 0.3 is 0 Å². The van der Waals surface area contributed by atoms with E-state index >= 15 is 0 Å². The molecule has 0 radical (unpaired) electrons. The van der Waals surface area contributed by atoms with Crippen LogP contribution in [0, 0.1) is 0 Å². The minimum Gasteiger partial charge on any atom is -0.313 e. The molecular weight excluding hydrogens is 270 g/mol. The number of likely N-dealkylation sites (tertiary alicyclic amines) is 1. The fourth-order valence-electron chi connectivity index (χ4n) is 2.90. The third kappa shape index (κ3) is 4.75. The van der Waals surface area contributed by atoms with Crippen LogP contribution in [0.15, 0.2) is 30.3 Å². The van der Waals surface area contributed by atoms with Crippen LogP contribution in [0.1, 0.15) is 38.7 Å². The van der Waals surface area contributed by atoms with E-state index in [0.717, 1.165) is 32.4 Å². The van der Waals surface area contributed by atoms with Crippen LogP contribution in [0.5, 0.6) is 0 Å². The molecule has 1 N–H and O–H groups in total. The summed E-state index contributed by atoms with van der Waals surface area (Å²) in [6.45, 7) is 5.56. The Morgan fingerprint density at radius 1 is 1.24 bits per heavy atom. The number of hydrogen-bond donors (Lipinski definition) is 1. The summed E-state index contributed by atoms with van der Waals surface area (Å²) in [5.41, 5.74) is 0.117. The number of alkyl halides is 2. The Balaban J connectivity index is 2.01. The number of benzene rings is 1. The molecule has 21 heavy (non-hydrogen) atoms. The maximum atomic E-state index is 14.5. The van der Waals surface area contributed by atoms with Crippen molar-refractivity contribution in [3.05, 3.63) is 35.9 Å². The average molecular weight is 296 g/mol. The molecule has 1 saturated heterocycles. The van der Waals surface area contributed by atoms with Crippen molar-refractivity contribution in [1.82, 2.24) is 10.2 Å². The van der Waals surface area contributed by atoms with Crippen LogP contribution in [-0.2, 0) is 5.92 Å². The molecule has 1 aliphatic heterocycles. The summed E-state index contributed by atoms with van der Waals surface area (Å²) >= 11 is 0. The lowest BCUT2D eigenvalue weighted by Crippen LogP contribution is -2.50. The van der Waals surface area contributed by atoms with E-state index in [4.69, 9.17) is 0 Å². The molecule has 118 valence electrons. The highest BCUT2D eigenvalue weighted by Crippen LogP contribution is 2.31. The van der Waals surface area contributed by atoms with Crippen molar-refractivity contribution >= 4 is 0 Å². The zero-order valence-electron chi connectivity index (χ0n) is 13.0. The molecular formula is C17H26F2N2. The van der Waals surface area contributed by atoms with E-state index in [1.165, 1.54) is 12.1 Å². The van der Waals surface area contributed by atoms with Gasteiger partial charge in [0, 0.05) is 24.2 Å². The van der Waals surface area contributed by atoms with Gasteiger partial charge in [0.25, 0.3) is 5.92 Å².